The molecule has 3 saturated heterocycles. The zero-order valence-corrected chi connectivity index (χ0v) is 22.4. The summed E-state index contributed by atoms with van der Waals surface area (Å²) in [5.74, 6) is 0.510. The number of aromatic nitrogens is 4. The fourth-order valence-corrected chi connectivity index (χ4v) is 6.63. The van der Waals surface area contributed by atoms with E-state index in [2.05, 4.69) is 32.0 Å². The second kappa shape index (κ2) is 9.08. The first-order chi connectivity index (χ1) is 19.1. The number of pyridine rings is 1. The number of carbonyl (C=O) groups is 1. The second-order valence-electron chi connectivity index (χ2n) is 11.7. The van der Waals surface area contributed by atoms with Gasteiger partial charge in [0.25, 0.3) is 5.91 Å². The maximum atomic E-state index is 13.9. The van der Waals surface area contributed by atoms with Crippen LogP contribution in [-0.4, -0.2) is 80.9 Å². The highest BCUT2D eigenvalue weighted by Crippen LogP contribution is 2.39. The van der Waals surface area contributed by atoms with Crippen LogP contribution in [-0.2, 0) is 42.9 Å². The molecule has 0 aliphatic carbocycles. The number of aryl methyl sites for hydroxylation is 1. The number of hydrogen-bond donors (Lipinski definition) is 0. The number of nitrogens with zero attached hydrogens (tertiary/aromatic N) is 7. The Kier molecular flexibility index (Phi) is 5.81. The summed E-state index contributed by atoms with van der Waals surface area (Å²) in [6.45, 7) is 3.30. The van der Waals surface area contributed by atoms with Gasteiger partial charge in [0.05, 0.1) is 19.8 Å². The summed E-state index contributed by atoms with van der Waals surface area (Å²) in [7, 11) is 3.97. The summed E-state index contributed by atoms with van der Waals surface area (Å²) in [5.41, 5.74) is 1.41. The molecule has 1 amide bonds. The minimum absolute atomic E-state index is 0.0369. The fraction of sp³-hybridized carbons (Fsp3) is 0.500. The van der Waals surface area contributed by atoms with Crippen molar-refractivity contribution in [1.29, 1.82) is 0 Å². The molecule has 12 heteroatoms. The molecule has 0 saturated carbocycles. The first-order valence-electron chi connectivity index (χ1n) is 13.5. The molecule has 210 valence electrons. The molecule has 4 aliphatic heterocycles. The van der Waals surface area contributed by atoms with Crippen molar-refractivity contribution < 1.29 is 22.7 Å². The van der Waals surface area contributed by atoms with Crippen LogP contribution in [0.3, 0.4) is 0 Å². The van der Waals surface area contributed by atoms with E-state index in [0.29, 0.717) is 49.4 Å². The van der Waals surface area contributed by atoms with Crippen LogP contribution in [0.15, 0.2) is 36.7 Å². The minimum atomic E-state index is -4.62. The van der Waals surface area contributed by atoms with E-state index in [1.165, 1.54) is 4.90 Å². The van der Waals surface area contributed by atoms with Crippen LogP contribution in [0.1, 0.15) is 45.0 Å². The summed E-state index contributed by atoms with van der Waals surface area (Å²) >= 11 is 0. The first-order valence-corrected chi connectivity index (χ1v) is 13.5. The Bertz CT molecular complexity index is 1480. The highest BCUT2D eigenvalue weighted by molar-refractivity contribution is 6.09. The maximum Gasteiger partial charge on any atom is 0.433 e. The predicted molar refractivity (Wildman–Crippen MR) is 139 cm³/mol. The standard InChI is InChI=1S/C28H30F3N7O2/c1-35-12-21-8-20(35)13-37(21)10-17-5-23(28(29,30)31)33-24(6-17)38-11-18-3-4-19(7-22(18)26(38)39)27(14-40-15-27)9-25-34-32-16-36(25)2/h3-7,16,20-21H,8-15H2,1-2H3. The fourth-order valence-electron chi connectivity index (χ4n) is 6.63. The highest BCUT2D eigenvalue weighted by atomic mass is 19.4. The van der Waals surface area contributed by atoms with Gasteiger partial charge in [0.15, 0.2) is 0 Å². The lowest BCUT2D eigenvalue weighted by Gasteiger charge is -2.41. The number of fused-ring (bicyclic) bond motifs is 3. The Labute approximate surface area is 229 Å². The van der Waals surface area contributed by atoms with E-state index >= 15 is 0 Å². The van der Waals surface area contributed by atoms with Gasteiger partial charge in [0.1, 0.15) is 23.7 Å². The van der Waals surface area contributed by atoms with E-state index in [4.69, 9.17) is 4.74 Å². The quantitative estimate of drug-likeness (QED) is 0.465. The number of rotatable bonds is 6. The average molecular weight is 554 g/mol. The van der Waals surface area contributed by atoms with Gasteiger partial charge in [-0.15, -0.1) is 10.2 Å². The van der Waals surface area contributed by atoms with Crippen molar-refractivity contribution in [3.8, 4) is 0 Å². The molecule has 0 spiro atoms. The van der Waals surface area contributed by atoms with Crippen LogP contribution in [0.2, 0.25) is 0 Å². The molecule has 3 aromatic rings. The van der Waals surface area contributed by atoms with Crippen LogP contribution >= 0.6 is 0 Å². The summed E-state index contributed by atoms with van der Waals surface area (Å²) in [5, 5.41) is 8.18. The Morgan fingerprint density at radius 2 is 1.93 bits per heavy atom. The van der Waals surface area contributed by atoms with Crippen molar-refractivity contribution in [3.63, 3.8) is 0 Å². The Morgan fingerprint density at radius 1 is 1.10 bits per heavy atom. The number of alkyl halides is 3. The number of piperazine rings is 1. The summed E-state index contributed by atoms with van der Waals surface area (Å²) < 4.78 is 49.2. The van der Waals surface area contributed by atoms with Crippen LogP contribution in [0.25, 0.3) is 0 Å². The van der Waals surface area contributed by atoms with Crippen molar-refractivity contribution >= 4 is 11.7 Å². The lowest BCUT2D eigenvalue weighted by molar-refractivity contribution is -0.141. The van der Waals surface area contributed by atoms with Gasteiger partial charge in [-0.2, -0.15) is 13.2 Å². The number of likely N-dealkylation sites (N-methyl/N-ethyl adjacent to an activating group) is 1. The molecule has 4 aliphatic rings. The van der Waals surface area contributed by atoms with Crippen LogP contribution < -0.4 is 4.90 Å². The summed E-state index contributed by atoms with van der Waals surface area (Å²) in [6.07, 6.45) is -1.33. The number of hydrogen-bond acceptors (Lipinski definition) is 7. The Hall–Kier alpha value is -3.35. The monoisotopic (exact) mass is 553 g/mol. The molecule has 2 bridgehead atoms. The molecule has 1 aromatic carbocycles. The van der Waals surface area contributed by atoms with Gasteiger partial charge in [0.2, 0.25) is 0 Å². The molecular formula is C28H30F3N7O2. The zero-order valence-electron chi connectivity index (χ0n) is 22.4. The normalized spacial score (nSPS) is 24.1. The van der Waals surface area contributed by atoms with Gasteiger partial charge < -0.3 is 14.2 Å². The van der Waals surface area contributed by atoms with Gasteiger partial charge in [-0.25, -0.2) is 4.98 Å². The van der Waals surface area contributed by atoms with Gasteiger partial charge in [-0.1, -0.05) is 12.1 Å². The SMILES string of the molecule is CN1CC2CC1CN2Cc1cc(N2Cc3ccc(C4(Cc5nncn5C)COC4)cc3C2=O)nc(C(F)(F)F)c1. The molecule has 0 N–H and O–H groups in total. The van der Waals surface area contributed by atoms with E-state index in [1.807, 2.05) is 29.8 Å². The number of benzene rings is 1. The van der Waals surface area contributed by atoms with E-state index < -0.39 is 11.9 Å². The number of anilines is 1. The van der Waals surface area contributed by atoms with Crippen LogP contribution in [0.4, 0.5) is 19.0 Å². The molecule has 6 heterocycles. The Balaban J connectivity index is 1.17. The van der Waals surface area contributed by atoms with E-state index in [-0.39, 0.29) is 23.7 Å². The molecule has 7 rings (SSSR count). The third-order valence-corrected chi connectivity index (χ3v) is 9.04. The smallest absolute Gasteiger partial charge is 0.379 e. The lowest BCUT2D eigenvalue weighted by Crippen LogP contribution is -2.49. The first kappa shape index (κ1) is 25.6. The molecule has 40 heavy (non-hydrogen) atoms. The molecule has 2 atom stereocenters. The van der Waals surface area contributed by atoms with Gasteiger partial charge in [-0.05, 0) is 48.4 Å². The second-order valence-corrected chi connectivity index (χ2v) is 11.7. The van der Waals surface area contributed by atoms with Crippen LogP contribution in [0.5, 0.6) is 0 Å². The van der Waals surface area contributed by atoms with E-state index in [0.717, 1.165) is 42.5 Å². The summed E-state index contributed by atoms with van der Waals surface area (Å²) in [4.78, 5) is 23.5. The third kappa shape index (κ3) is 4.20. The van der Waals surface area contributed by atoms with Gasteiger partial charge in [0, 0.05) is 56.2 Å². The highest BCUT2D eigenvalue weighted by Gasteiger charge is 2.44. The molecule has 2 aromatic heterocycles. The topological polar surface area (TPSA) is 79.6 Å². The number of ether oxygens (including phenoxy) is 1. The molecule has 9 nitrogen and oxygen atoms in total. The number of amides is 1. The van der Waals surface area contributed by atoms with Crippen LogP contribution in [0, 0.1) is 0 Å². The average Bonchev–Trinajstić information content (AvgIpc) is 3.65. The summed E-state index contributed by atoms with van der Waals surface area (Å²) in [6, 6.07) is 9.28. The van der Waals surface area contributed by atoms with Crippen molar-refractivity contribution in [1.82, 2.24) is 29.5 Å². The largest absolute Gasteiger partial charge is 0.433 e. The number of carbonyl (C=O) groups excluding carboxylic acids is 1. The Morgan fingerprint density at radius 3 is 2.55 bits per heavy atom. The number of likely N-dealkylation sites (tertiary alicyclic amines) is 2. The van der Waals surface area contributed by atoms with Crippen molar-refractivity contribution in [2.75, 3.05) is 38.3 Å². The van der Waals surface area contributed by atoms with Crippen molar-refractivity contribution in [2.24, 2.45) is 7.05 Å². The van der Waals surface area contributed by atoms with Gasteiger partial charge in [-0.3, -0.25) is 14.6 Å². The molecule has 3 fully saturated rings. The lowest BCUT2D eigenvalue weighted by atomic mass is 9.75. The van der Waals surface area contributed by atoms with E-state index in [9.17, 15) is 18.0 Å². The predicted octanol–water partition coefficient (Wildman–Crippen LogP) is 2.79. The third-order valence-electron chi connectivity index (χ3n) is 9.04. The zero-order chi connectivity index (χ0) is 27.8. The van der Waals surface area contributed by atoms with E-state index in [1.54, 1.807) is 12.4 Å². The van der Waals surface area contributed by atoms with Crippen molar-refractivity contribution in [2.45, 2.75) is 49.6 Å². The van der Waals surface area contributed by atoms with Gasteiger partial charge >= 0.3 is 6.18 Å². The molecular weight excluding hydrogens is 523 g/mol. The maximum absolute atomic E-state index is 13.9. The molecule has 2 unspecified atom stereocenters. The van der Waals surface area contributed by atoms with Crippen molar-refractivity contribution in [3.05, 3.63) is 70.4 Å². The molecule has 0 radical (unpaired) electrons. The number of halogens is 3. The minimum Gasteiger partial charge on any atom is -0.379 e.